The highest BCUT2D eigenvalue weighted by atomic mass is 32.2. The first kappa shape index (κ1) is 15.1. The van der Waals surface area contributed by atoms with Crippen molar-refractivity contribution in [2.45, 2.75) is 23.8 Å². The van der Waals surface area contributed by atoms with Crippen LogP contribution < -0.4 is 0 Å². The second-order valence-corrected chi connectivity index (χ2v) is 7.17. The number of nitrogens with zero attached hydrogens (tertiary/aromatic N) is 1. The van der Waals surface area contributed by atoms with Crippen LogP contribution in [0.5, 0.6) is 0 Å². The van der Waals surface area contributed by atoms with Gasteiger partial charge in [-0.2, -0.15) is 4.31 Å². The second-order valence-electron chi connectivity index (χ2n) is 5.28. The summed E-state index contributed by atoms with van der Waals surface area (Å²) in [6, 6.07) is 10.4. The number of sulfonamides is 1. The zero-order chi connectivity index (χ0) is 15.7. The van der Waals surface area contributed by atoms with Gasteiger partial charge in [0.25, 0.3) is 0 Å². The largest absolute Gasteiger partial charge is 0.243 e. The van der Waals surface area contributed by atoms with Crippen LogP contribution in [0, 0.1) is 11.6 Å². The maximum Gasteiger partial charge on any atom is 0.243 e. The fourth-order valence-corrected chi connectivity index (χ4v) is 4.47. The highest BCUT2D eigenvalue weighted by Gasteiger charge is 2.36. The minimum absolute atomic E-state index is 0.0721. The minimum Gasteiger partial charge on any atom is -0.207 e. The molecule has 0 amide bonds. The molecule has 2 aromatic rings. The van der Waals surface area contributed by atoms with Gasteiger partial charge < -0.3 is 0 Å². The Morgan fingerprint density at radius 1 is 0.909 bits per heavy atom. The van der Waals surface area contributed by atoms with Gasteiger partial charge in [-0.3, -0.25) is 0 Å². The molecule has 116 valence electrons. The highest BCUT2D eigenvalue weighted by molar-refractivity contribution is 7.89. The molecule has 0 unspecified atom stereocenters. The van der Waals surface area contributed by atoms with Gasteiger partial charge in [-0.1, -0.05) is 12.1 Å². The van der Waals surface area contributed by atoms with E-state index in [4.69, 9.17) is 0 Å². The molecule has 3 nitrogen and oxygen atoms in total. The maximum absolute atomic E-state index is 13.0. The van der Waals surface area contributed by atoms with Gasteiger partial charge in [0.1, 0.15) is 11.6 Å². The van der Waals surface area contributed by atoms with E-state index in [1.165, 1.54) is 28.6 Å². The number of hydrogen-bond donors (Lipinski definition) is 0. The molecular weight excluding hydrogens is 308 g/mol. The lowest BCUT2D eigenvalue weighted by Crippen LogP contribution is -2.30. The van der Waals surface area contributed by atoms with Crippen LogP contribution in [0.3, 0.4) is 0 Å². The first-order chi connectivity index (χ1) is 10.5. The van der Waals surface area contributed by atoms with Crippen LogP contribution in [-0.2, 0) is 10.0 Å². The number of benzene rings is 2. The topological polar surface area (TPSA) is 37.4 Å². The Morgan fingerprint density at radius 3 is 2.05 bits per heavy atom. The summed E-state index contributed by atoms with van der Waals surface area (Å²) in [6.07, 6.45) is 1.43. The summed E-state index contributed by atoms with van der Waals surface area (Å²) >= 11 is 0. The molecule has 2 aromatic carbocycles. The molecule has 1 aliphatic rings. The van der Waals surface area contributed by atoms with Gasteiger partial charge in [0.2, 0.25) is 10.0 Å². The third-order valence-electron chi connectivity index (χ3n) is 3.88. The van der Waals surface area contributed by atoms with Gasteiger partial charge in [0, 0.05) is 6.54 Å². The molecule has 0 aromatic heterocycles. The summed E-state index contributed by atoms with van der Waals surface area (Å²) in [6.45, 7) is 0.405. The van der Waals surface area contributed by atoms with Gasteiger partial charge in [-0.25, -0.2) is 17.2 Å². The molecule has 1 heterocycles. The van der Waals surface area contributed by atoms with Gasteiger partial charge >= 0.3 is 0 Å². The Hall–Kier alpha value is -1.79. The quantitative estimate of drug-likeness (QED) is 0.867. The normalized spacial score (nSPS) is 19.5. The van der Waals surface area contributed by atoms with Crippen LogP contribution in [-0.4, -0.2) is 19.3 Å². The standard InChI is InChI=1S/C16H15F2NO2S/c17-13-5-3-12(4-6-13)16-2-1-11-19(16)22(20,21)15-9-7-14(18)8-10-15/h3-10,16H,1-2,11H2/t16-/m1/s1. The van der Waals surface area contributed by atoms with E-state index in [2.05, 4.69) is 0 Å². The summed E-state index contributed by atoms with van der Waals surface area (Å²) in [5.74, 6) is -0.829. The summed E-state index contributed by atoms with van der Waals surface area (Å²) in [4.78, 5) is 0.0721. The monoisotopic (exact) mass is 323 g/mol. The zero-order valence-electron chi connectivity index (χ0n) is 11.7. The first-order valence-electron chi connectivity index (χ1n) is 7.01. The minimum atomic E-state index is -3.69. The average molecular weight is 323 g/mol. The molecule has 1 fully saturated rings. The lowest BCUT2D eigenvalue weighted by atomic mass is 10.1. The van der Waals surface area contributed by atoms with E-state index < -0.39 is 15.8 Å². The van der Waals surface area contributed by atoms with E-state index >= 15 is 0 Å². The van der Waals surface area contributed by atoms with Crippen molar-refractivity contribution in [1.82, 2.24) is 4.31 Å². The molecule has 1 atom stereocenters. The van der Waals surface area contributed by atoms with Crippen LogP contribution in [0.1, 0.15) is 24.4 Å². The summed E-state index contributed by atoms with van der Waals surface area (Å²) < 4.78 is 52.9. The Kier molecular flexibility index (Phi) is 3.97. The van der Waals surface area contributed by atoms with Crippen molar-refractivity contribution in [2.24, 2.45) is 0 Å². The van der Waals surface area contributed by atoms with Crippen molar-refractivity contribution in [1.29, 1.82) is 0 Å². The van der Waals surface area contributed by atoms with E-state index in [9.17, 15) is 17.2 Å². The van der Waals surface area contributed by atoms with Gasteiger partial charge in [0.05, 0.1) is 10.9 Å². The first-order valence-corrected chi connectivity index (χ1v) is 8.45. The molecule has 0 aliphatic carbocycles. The molecule has 0 saturated carbocycles. The number of rotatable bonds is 3. The number of hydrogen-bond acceptors (Lipinski definition) is 2. The Labute approximate surface area is 128 Å². The molecule has 6 heteroatoms. The highest BCUT2D eigenvalue weighted by Crippen LogP contribution is 2.36. The molecule has 22 heavy (non-hydrogen) atoms. The van der Waals surface area contributed by atoms with Crippen LogP contribution >= 0.6 is 0 Å². The van der Waals surface area contributed by atoms with Gasteiger partial charge in [-0.05, 0) is 54.8 Å². The third-order valence-corrected chi connectivity index (χ3v) is 5.80. The molecule has 0 spiro atoms. The van der Waals surface area contributed by atoms with E-state index in [1.807, 2.05) is 0 Å². The fourth-order valence-electron chi connectivity index (χ4n) is 2.79. The van der Waals surface area contributed by atoms with Crippen LogP contribution in [0.2, 0.25) is 0 Å². The van der Waals surface area contributed by atoms with Crippen molar-refractivity contribution in [3.05, 3.63) is 65.7 Å². The molecule has 0 bridgehead atoms. The second kappa shape index (κ2) is 5.78. The van der Waals surface area contributed by atoms with Crippen LogP contribution in [0.4, 0.5) is 8.78 Å². The predicted molar refractivity (Wildman–Crippen MR) is 78.7 cm³/mol. The number of halogens is 2. The lowest BCUT2D eigenvalue weighted by molar-refractivity contribution is 0.396. The van der Waals surface area contributed by atoms with E-state index in [1.54, 1.807) is 12.1 Å². The van der Waals surface area contributed by atoms with Crippen LogP contribution in [0.15, 0.2) is 53.4 Å². The maximum atomic E-state index is 13.0. The van der Waals surface area contributed by atoms with Crippen molar-refractivity contribution < 1.29 is 17.2 Å². The molecule has 1 aliphatic heterocycles. The SMILES string of the molecule is O=S(=O)(c1ccc(F)cc1)N1CCC[C@@H]1c1ccc(F)cc1. The molecule has 0 radical (unpaired) electrons. The van der Waals surface area contributed by atoms with Gasteiger partial charge in [-0.15, -0.1) is 0 Å². The van der Waals surface area contributed by atoms with Crippen LogP contribution in [0.25, 0.3) is 0 Å². The summed E-state index contributed by atoms with van der Waals surface area (Å²) in [7, 11) is -3.69. The van der Waals surface area contributed by atoms with E-state index in [0.29, 0.717) is 13.0 Å². The van der Waals surface area contributed by atoms with E-state index in [0.717, 1.165) is 24.1 Å². The summed E-state index contributed by atoms with van der Waals surface area (Å²) in [5, 5.41) is 0. The molecule has 3 rings (SSSR count). The average Bonchev–Trinajstić information content (AvgIpc) is 2.99. The Bertz CT molecular complexity index is 758. The van der Waals surface area contributed by atoms with Crippen molar-refractivity contribution >= 4 is 10.0 Å². The molecule has 0 N–H and O–H groups in total. The van der Waals surface area contributed by atoms with Crippen molar-refractivity contribution in [3.63, 3.8) is 0 Å². The Morgan fingerprint density at radius 2 is 1.45 bits per heavy atom. The van der Waals surface area contributed by atoms with Crippen molar-refractivity contribution in [3.8, 4) is 0 Å². The summed E-state index contributed by atoms with van der Waals surface area (Å²) in [5.41, 5.74) is 0.768. The predicted octanol–water partition coefficient (Wildman–Crippen LogP) is 3.49. The zero-order valence-corrected chi connectivity index (χ0v) is 12.6. The van der Waals surface area contributed by atoms with Crippen molar-refractivity contribution in [2.75, 3.05) is 6.54 Å². The van der Waals surface area contributed by atoms with E-state index in [-0.39, 0.29) is 16.8 Å². The smallest absolute Gasteiger partial charge is 0.207 e. The molecular formula is C16H15F2NO2S. The van der Waals surface area contributed by atoms with Gasteiger partial charge in [0.15, 0.2) is 0 Å². The fraction of sp³-hybridized carbons (Fsp3) is 0.250. The lowest BCUT2D eigenvalue weighted by Gasteiger charge is -2.24. The molecule has 1 saturated heterocycles. The third kappa shape index (κ3) is 2.76. The Balaban J connectivity index is 1.95.